The van der Waals surface area contributed by atoms with Crippen molar-refractivity contribution in [2.24, 2.45) is 5.41 Å². The van der Waals surface area contributed by atoms with Crippen LogP contribution in [0.4, 0.5) is 0 Å². The van der Waals surface area contributed by atoms with Gasteiger partial charge in [-0.25, -0.2) is 0 Å². The van der Waals surface area contributed by atoms with Crippen molar-refractivity contribution in [3.05, 3.63) is 42.0 Å². The summed E-state index contributed by atoms with van der Waals surface area (Å²) in [6, 6.07) is 11.9. The number of rotatable bonds is 5. The van der Waals surface area contributed by atoms with Gasteiger partial charge in [0.1, 0.15) is 5.75 Å². The third kappa shape index (κ3) is 3.27. The lowest BCUT2D eigenvalue weighted by molar-refractivity contribution is 0.326. The first-order valence-electron chi connectivity index (χ1n) is 6.94. The standard InChI is InChI=1S/C17H23NO/c1-4-17(2,3)12-18-11-15-14-8-6-5-7-13(14)9-10-16(15)19/h5-10,18-19H,4,11-12H2,1-3H3. The number of nitrogens with one attached hydrogen (secondary N) is 1. The van der Waals surface area contributed by atoms with Gasteiger partial charge in [0, 0.05) is 18.7 Å². The van der Waals surface area contributed by atoms with Crippen LogP contribution in [0.15, 0.2) is 36.4 Å². The largest absolute Gasteiger partial charge is 0.508 e. The number of hydrogen-bond donors (Lipinski definition) is 2. The lowest BCUT2D eigenvalue weighted by Gasteiger charge is -2.23. The molecule has 2 nitrogen and oxygen atoms in total. The third-order valence-electron chi connectivity index (χ3n) is 3.88. The predicted molar refractivity (Wildman–Crippen MR) is 81.4 cm³/mol. The average Bonchev–Trinajstić information content (AvgIpc) is 2.41. The van der Waals surface area contributed by atoms with Crippen LogP contribution in [0.3, 0.4) is 0 Å². The Bertz CT molecular complexity index is 560. The van der Waals surface area contributed by atoms with Crippen LogP contribution in [-0.2, 0) is 6.54 Å². The molecule has 0 aromatic heterocycles. The minimum Gasteiger partial charge on any atom is -0.508 e. The molecule has 2 aromatic rings. The molecule has 102 valence electrons. The number of phenolic OH excluding ortho intramolecular Hbond substituents is 1. The van der Waals surface area contributed by atoms with Crippen LogP contribution in [-0.4, -0.2) is 11.7 Å². The van der Waals surface area contributed by atoms with Crippen molar-refractivity contribution in [1.29, 1.82) is 0 Å². The molecule has 0 aliphatic heterocycles. The summed E-state index contributed by atoms with van der Waals surface area (Å²) < 4.78 is 0. The maximum absolute atomic E-state index is 10.1. The molecule has 2 aromatic carbocycles. The van der Waals surface area contributed by atoms with Gasteiger partial charge in [-0.2, -0.15) is 0 Å². The molecule has 2 rings (SSSR count). The van der Waals surface area contributed by atoms with E-state index >= 15 is 0 Å². The van der Waals surface area contributed by atoms with Gasteiger partial charge >= 0.3 is 0 Å². The van der Waals surface area contributed by atoms with Gasteiger partial charge in [0.15, 0.2) is 0 Å². The van der Waals surface area contributed by atoms with Gasteiger partial charge in [-0.3, -0.25) is 0 Å². The van der Waals surface area contributed by atoms with Gasteiger partial charge in [-0.05, 0) is 28.7 Å². The zero-order chi connectivity index (χ0) is 13.9. The molecule has 0 amide bonds. The van der Waals surface area contributed by atoms with E-state index in [9.17, 15) is 5.11 Å². The number of aromatic hydroxyl groups is 1. The summed E-state index contributed by atoms with van der Waals surface area (Å²) in [6.45, 7) is 8.37. The van der Waals surface area contributed by atoms with Gasteiger partial charge in [-0.1, -0.05) is 51.1 Å². The van der Waals surface area contributed by atoms with Crippen molar-refractivity contribution >= 4 is 10.8 Å². The summed E-state index contributed by atoms with van der Waals surface area (Å²) >= 11 is 0. The first kappa shape index (κ1) is 13.9. The Labute approximate surface area is 115 Å². The number of fused-ring (bicyclic) bond motifs is 1. The highest BCUT2D eigenvalue weighted by molar-refractivity contribution is 5.87. The first-order chi connectivity index (χ1) is 9.03. The second kappa shape index (κ2) is 5.62. The van der Waals surface area contributed by atoms with Crippen molar-refractivity contribution < 1.29 is 5.11 Å². The van der Waals surface area contributed by atoms with E-state index in [1.807, 2.05) is 18.2 Å². The fourth-order valence-corrected chi connectivity index (χ4v) is 2.16. The molecule has 0 spiro atoms. The molecule has 0 heterocycles. The maximum Gasteiger partial charge on any atom is 0.120 e. The molecule has 0 saturated heterocycles. The van der Waals surface area contributed by atoms with E-state index in [1.165, 1.54) is 5.39 Å². The fraction of sp³-hybridized carbons (Fsp3) is 0.412. The zero-order valence-electron chi connectivity index (χ0n) is 12.0. The zero-order valence-corrected chi connectivity index (χ0v) is 12.0. The topological polar surface area (TPSA) is 32.3 Å². The van der Waals surface area contributed by atoms with Gasteiger partial charge in [0.25, 0.3) is 0 Å². The van der Waals surface area contributed by atoms with E-state index in [1.54, 1.807) is 6.07 Å². The fourth-order valence-electron chi connectivity index (χ4n) is 2.16. The quantitative estimate of drug-likeness (QED) is 0.846. The van der Waals surface area contributed by atoms with E-state index in [0.717, 1.165) is 23.9 Å². The van der Waals surface area contributed by atoms with Gasteiger partial charge in [0.05, 0.1) is 0 Å². The maximum atomic E-state index is 10.1. The monoisotopic (exact) mass is 257 g/mol. The normalized spacial score (nSPS) is 11.9. The molecule has 0 atom stereocenters. The molecular weight excluding hydrogens is 234 g/mol. The summed E-state index contributed by atoms with van der Waals surface area (Å²) in [4.78, 5) is 0. The highest BCUT2D eigenvalue weighted by Gasteiger charge is 2.15. The summed E-state index contributed by atoms with van der Waals surface area (Å²) in [5.41, 5.74) is 1.28. The second-order valence-corrected chi connectivity index (χ2v) is 5.91. The average molecular weight is 257 g/mol. The molecule has 2 N–H and O–H groups in total. The summed E-state index contributed by atoms with van der Waals surface area (Å²) in [6.07, 6.45) is 1.14. The van der Waals surface area contributed by atoms with Crippen LogP contribution in [0.5, 0.6) is 5.75 Å². The molecule has 0 aliphatic rings. The lowest BCUT2D eigenvalue weighted by Crippen LogP contribution is -2.28. The van der Waals surface area contributed by atoms with E-state index < -0.39 is 0 Å². The van der Waals surface area contributed by atoms with Crippen molar-refractivity contribution in [1.82, 2.24) is 5.32 Å². The third-order valence-corrected chi connectivity index (χ3v) is 3.88. The van der Waals surface area contributed by atoms with E-state index in [4.69, 9.17) is 0 Å². The molecule has 0 radical (unpaired) electrons. The van der Waals surface area contributed by atoms with Crippen molar-refractivity contribution in [2.45, 2.75) is 33.7 Å². The number of phenols is 1. The Balaban J connectivity index is 2.18. The van der Waals surface area contributed by atoms with Crippen LogP contribution in [0.2, 0.25) is 0 Å². The molecule has 0 fully saturated rings. The summed E-state index contributed by atoms with van der Waals surface area (Å²) in [5, 5.41) is 15.8. The van der Waals surface area contributed by atoms with E-state index in [0.29, 0.717) is 17.7 Å². The molecule has 19 heavy (non-hydrogen) atoms. The second-order valence-electron chi connectivity index (χ2n) is 5.91. The molecule has 0 unspecified atom stereocenters. The number of benzene rings is 2. The Kier molecular flexibility index (Phi) is 4.11. The van der Waals surface area contributed by atoms with Crippen LogP contribution < -0.4 is 5.32 Å². The Hall–Kier alpha value is -1.54. The SMILES string of the molecule is CCC(C)(C)CNCc1c(O)ccc2ccccc12. The van der Waals surface area contributed by atoms with Crippen LogP contribution >= 0.6 is 0 Å². The predicted octanol–water partition coefficient (Wildman–Crippen LogP) is 4.07. The van der Waals surface area contributed by atoms with Crippen LogP contribution in [0.25, 0.3) is 10.8 Å². The lowest BCUT2D eigenvalue weighted by atomic mass is 9.90. The summed E-state index contributed by atoms with van der Waals surface area (Å²) in [5.74, 6) is 0.375. The van der Waals surface area contributed by atoms with Crippen molar-refractivity contribution in [2.75, 3.05) is 6.54 Å². The van der Waals surface area contributed by atoms with Crippen LogP contribution in [0, 0.1) is 5.41 Å². The van der Waals surface area contributed by atoms with Gasteiger partial charge in [0.2, 0.25) is 0 Å². The Morgan fingerprint density at radius 3 is 2.58 bits per heavy atom. The van der Waals surface area contributed by atoms with Crippen molar-refractivity contribution in [3.8, 4) is 5.75 Å². The molecule has 0 saturated carbocycles. The molecule has 0 bridgehead atoms. The Morgan fingerprint density at radius 2 is 1.84 bits per heavy atom. The first-order valence-corrected chi connectivity index (χ1v) is 6.94. The minimum absolute atomic E-state index is 0.292. The summed E-state index contributed by atoms with van der Waals surface area (Å²) in [7, 11) is 0. The minimum atomic E-state index is 0.292. The number of hydrogen-bond acceptors (Lipinski definition) is 2. The smallest absolute Gasteiger partial charge is 0.120 e. The van der Waals surface area contributed by atoms with E-state index in [2.05, 4.69) is 38.2 Å². The molecule has 2 heteroatoms. The van der Waals surface area contributed by atoms with Crippen LogP contribution in [0.1, 0.15) is 32.8 Å². The van der Waals surface area contributed by atoms with E-state index in [-0.39, 0.29) is 0 Å². The molecule has 0 aliphatic carbocycles. The van der Waals surface area contributed by atoms with Gasteiger partial charge < -0.3 is 10.4 Å². The Morgan fingerprint density at radius 1 is 1.11 bits per heavy atom. The highest BCUT2D eigenvalue weighted by atomic mass is 16.3. The van der Waals surface area contributed by atoms with Gasteiger partial charge in [-0.15, -0.1) is 0 Å². The molecular formula is C17H23NO. The highest BCUT2D eigenvalue weighted by Crippen LogP contribution is 2.27. The van der Waals surface area contributed by atoms with Crippen molar-refractivity contribution in [3.63, 3.8) is 0 Å².